The number of rotatable bonds is 9. The molecule has 0 atom stereocenters. The number of esters is 1. The molecule has 0 aliphatic carbocycles. The summed E-state index contributed by atoms with van der Waals surface area (Å²) in [5.74, 6) is 0.0147. The van der Waals surface area contributed by atoms with E-state index in [1.165, 1.54) is 26.5 Å². The molecule has 0 saturated carbocycles. The van der Waals surface area contributed by atoms with E-state index in [0.717, 1.165) is 17.3 Å². The van der Waals surface area contributed by atoms with E-state index in [1.807, 2.05) is 24.3 Å². The number of methoxy groups -OCH3 is 2. The fourth-order valence-corrected chi connectivity index (χ4v) is 3.93. The van der Waals surface area contributed by atoms with Crippen molar-refractivity contribution in [3.05, 3.63) is 76.8 Å². The summed E-state index contributed by atoms with van der Waals surface area (Å²) >= 11 is 7.49. The molecule has 1 N–H and O–H groups in total. The third kappa shape index (κ3) is 6.15. The minimum absolute atomic E-state index is 0.0640. The second-order valence-corrected chi connectivity index (χ2v) is 8.52. The van der Waals surface area contributed by atoms with Crippen LogP contribution in [0.5, 0.6) is 17.2 Å². The average molecular weight is 526 g/mol. The molecule has 0 aliphatic heterocycles. The Labute approximate surface area is 215 Å². The molecular weight excluding hydrogens is 506 g/mol. The summed E-state index contributed by atoms with van der Waals surface area (Å²) in [6, 6.07) is 16.9. The highest BCUT2D eigenvalue weighted by Gasteiger charge is 2.17. The van der Waals surface area contributed by atoms with Gasteiger partial charge in [-0.3, -0.25) is 4.79 Å². The van der Waals surface area contributed by atoms with Crippen LogP contribution in [-0.4, -0.2) is 43.0 Å². The molecule has 0 unspecified atom stereocenters. The lowest BCUT2D eigenvalue weighted by molar-refractivity contribution is -0.118. The molecule has 0 radical (unpaired) electrons. The van der Waals surface area contributed by atoms with E-state index in [9.17, 15) is 9.59 Å². The number of nitrogens with zero attached hydrogens (tertiary/aromatic N) is 2. The van der Waals surface area contributed by atoms with Crippen LogP contribution in [-0.2, 0) is 4.79 Å². The Morgan fingerprint density at radius 3 is 2.61 bits per heavy atom. The number of ether oxygens (including phenoxy) is 3. The third-order valence-corrected chi connectivity index (χ3v) is 5.88. The van der Waals surface area contributed by atoms with Gasteiger partial charge in [-0.2, -0.15) is 5.10 Å². The smallest absolute Gasteiger partial charge is 0.343 e. The van der Waals surface area contributed by atoms with Crippen molar-refractivity contribution in [3.8, 4) is 17.2 Å². The Balaban J connectivity index is 1.36. The highest BCUT2D eigenvalue weighted by atomic mass is 35.5. The van der Waals surface area contributed by atoms with Crippen molar-refractivity contribution in [2.45, 2.75) is 5.22 Å². The van der Waals surface area contributed by atoms with Gasteiger partial charge < -0.3 is 18.6 Å². The molecule has 0 bridgehead atoms. The van der Waals surface area contributed by atoms with E-state index in [4.69, 9.17) is 30.2 Å². The van der Waals surface area contributed by atoms with Gasteiger partial charge in [0.1, 0.15) is 11.3 Å². The van der Waals surface area contributed by atoms with Gasteiger partial charge in [-0.15, -0.1) is 0 Å². The predicted molar refractivity (Wildman–Crippen MR) is 136 cm³/mol. The molecule has 3 aromatic carbocycles. The number of hydrazone groups is 1. The van der Waals surface area contributed by atoms with Gasteiger partial charge in [-0.25, -0.2) is 15.2 Å². The van der Waals surface area contributed by atoms with E-state index in [2.05, 4.69) is 15.5 Å². The summed E-state index contributed by atoms with van der Waals surface area (Å²) in [6.45, 7) is 0. The number of benzene rings is 3. The van der Waals surface area contributed by atoms with E-state index in [0.29, 0.717) is 27.7 Å². The van der Waals surface area contributed by atoms with E-state index in [1.54, 1.807) is 30.3 Å². The number of halogens is 1. The van der Waals surface area contributed by atoms with Crippen LogP contribution in [0.15, 0.2) is 75.4 Å². The lowest BCUT2D eigenvalue weighted by atomic mass is 10.2. The van der Waals surface area contributed by atoms with Crippen molar-refractivity contribution in [1.82, 2.24) is 10.4 Å². The molecule has 1 heterocycles. The van der Waals surface area contributed by atoms with E-state index in [-0.39, 0.29) is 28.2 Å². The normalized spacial score (nSPS) is 11.0. The minimum Gasteiger partial charge on any atom is -0.497 e. The van der Waals surface area contributed by atoms with Gasteiger partial charge in [-0.05, 0) is 54.1 Å². The number of carbonyl (C=O) groups is 2. The molecule has 4 rings (SSSR count). The van der Waals surface area contributed by atoms with Crippen LogP contribution in [0.3, 0.4) is 0 Å². The Morgan fingerprint density at radius 1 is 1.11 bits per heavy atom. The van der Waals surface area contributed by atoms with Gasteiger partial charge in [0.05, 0.1) is 36.8 Å². The Hall–Kier alpha value is -4.02. The topological polar surface area (TPSA) is 112 Å². The highest BCUT2D eigenvalue weighted by molar-refractivity contribution is 7.99. The lowest BCUT2D eigenvalue weighted by Crippen LogP contribution is -2.19. The Bertz CT molecular complexity index is 1390. The SMILES string of the molecule is COc1ccc(C(=O)Oc2c(Cl)cc(/C=N\NC(=O)CSc3nc4ccccc4o3)cc2OC)cc1. The number of carbonyl (C=O) groups excluding carboxylic acids is 2. The molecule has 0 saturated heterocycles. The molecular formula is C25H20ClN3O6S. The second kappa shape index (κ2) is 11.6. The molecule has 11 heteroatoms. The van der Waals surface area contributed by atoms with Crippen molar-refractivity contribution in [2.75, 3.05) is 20.0 Å². The van der Waals surface area contributed by atoms with Gasteiger partial charge in [0.15, 0.2) is 17.1 Å². The maximum atomic E-state index is 12.5. The summed E-state index contributed by atoms with van der Waals surface area (Å²) < 4.78 is 21.4. The number of oxazole rings is 1. The zero-order valence-electron chi connectivity index (χ0n) is 19.2. The maximum Gasteiger partial charge on any atom is 0.343 e. The molecule has 1 aromatic heterocycles. The van der Waals surface area contributed by atoms with Crippen molar-refractivity contribution in [2.24, 2.45) is 5.10 Å². The quantitative estimate of drug-likeness (QED) is 0.107. The van der Waals surface area contributed by atoms with Crippen LogP contribution in [0.2, 0.25) is 5.02 Å². The number of hydrogen-bond acceptors (Lipinski definition) is 9. The predicted octanol–water partition coefficient (Wildman–Crippen LogP) is 4.96. The van der Waals surface area contributed by atoms with Crippen LogP contribution in [0, 0.1) is 0 Å². The molecule has 9 nitrogen and oxygen atoms in total. The van der Waals surface area contributed by atoms with Crippen LogP contribution < -0.4 is 19.6 Å². The van der Waals surface area contributed by atoms with Crippen LogP contribution in [0.1, 0.15) is 15.9 Å². The largest absolute Gasteiger partial charge is 0.497 e. The molecule has 36 heavy (non-hydrogen) atoms. The summed E-state index contributed by atoms with van der Waals surface area (Å²) in [6.07, 6.45) is 1.39. The van der Waals surface area contributed by atoms with Crippen molar-refractivity contribution in [3.63, 3.8) is 0 Å². The zero-order chi connectivity index (χ0) is 25.5. The van der Waals surface area contributed by atoms with Crippen molar-refractivity contribution in [1.29, 1.82) is 0 Å². The number of thioether (sulfide) groups is 1. The molecule has 0 spiro atoms. The van der Waals surface area contributed by atoms with E-state index >= 15 is 0 Å². The van der Waals surface area contributed by atoms with Crippen molar-refractivity contribution >= 4 is 52.6 Å². The molecule has 0 fully saturated rings. The summed E-state index contributed by atoms with van der Waals surface area (Å²) in [7, 11) is 2.95. The average Bonchev–Trinajstić information content (AvgIpc) is 3.32. The maximum absolute atomic E-state index is 12.5. The third-order valence-electron chi connectivity index (χ3n) is 4.78. The number of hydrogen-bond donors (Lipinski definition) is 1. The van der Waals surface area contributed by atoms with Crippen LogP contribution in [0.25, 0.3) is 11.1 Å². The molecule has 1 amide bonds. The number of para-hydroxylation sites is 2. The fourth-order valence-electron chi connectivity index (χ4n) is 3.04. The first-order chi connectivity index (χ1) is 17.5. The van der Waals surface area contributed by atoms with Gasteiger partial charge in [0, 0.05) is 0 Å². The second-order valence-electron chi connectivity index (χ2n) is 7.18. The van der Waals surface area contributed by atoms with Gasteiger partial charge in [0.2, 0.25) is 0 Å². The fraction of sp³-hybridized carbons (Fsp3) is 0.120. The van der Waals surface area contributed by atoms with Crippen molar-refractivity contribution < 1.29 is 28.2 Å². The van der Waals surface area contributed by atoms with Crippen LogP contribution >= 0.6 is 23.4 Å². The van der Waals surface area contributed by atoms with Gasteiger partial charge >= 0.3 is 5.97 Å². The van der Waals surface area contributed by atoms with E-state index < -0.39 is 5.97 Å². The Kier molecular flexibility index (Phi) is 8.09. The summed E-state index contributed by atoms with van der Waals surface area (Å²) in [5.41, 5.74) is 4.65. The monoisotopic (exact) mass is 525 g/mol. The number of aromatic nitrogens is 1. The molecule has 184 valence electrons. The standard InChI is InChI=1S/C25H20ClN3O6S/c1-32-17-9-7-16(8-10-17)24(31)35-23-18(26)11-15(12-21(23)33-2)13-27-29-22(30)14-36-25-28-19-5-3-4-6-20(19)34-25/h3-13H,14H2,1-2H3,(H,29,30)/b27-13-. The zero-order valence-corrected chi connectivity index (χ0v) is 20.8. The minimum atomic E-state index is -0.608. The number of fused-ring (bicyclic) bond motifs is 1. The number of amides is 1. The summed E-state index contributed by atoms with van der Waals surface area (Å²) in [4.78, 5) is 29.0. The molecule has 0 aliphatic rings. The molecule has 4 aromatic rings. The first-order valence-electron chi connectivity index (χ1n) is 10.5. The first-order valence-corrected chi connectivity index (χ1v) is 11.9. The Morgan fingerprint density at radius 2 is 1.89 bits per heavy atom. The summed E-state index contributed by atoms with van der Waals surface area (Å²) in [5, 5.41) is 4.47. The lowest BCUT2D eigenvalue weighted by Gasteiger charge is -2.12. The van der Waals surface area contributed by atoms with Gasteiger partial charge in [0.25, 0.3) is 11.1 Å². The number of nitrogens with one attached hydrogen (secondary N) is 1. The van der Waals surface area contributed by atoms with Crippen LogP contribution in [0.4, 0.5) is 0 Å². The first kappa shape index (κ1) is 25.1. The van der Waals surface area contributed by atoms with Gasteiger partial charge in [-0.1, -0.05) is 35.5 Å². The highest BCUT2D eigenvalue weighted by Crippen LogP contribution is 2.36.